The second-order valence-corrected chi connectivity index (χ2v) is 11.5. The van der Waals surface area contributed by atoms with Crippen LogP contribution in [0.25, 0.3) is 10.9 Å². The maximum atomic E-state index is 13.1. The molecular weight excluding hydrogens is 476 g/mol. The predicted molar refractivity (Wildman–Crippen MR) is 151 cm³/mol. The molecule has 1 aromatic heterocycles. The van der Waals surface area contributed by atoms with Crippen molar-refractivity contribution in [1.29, 1.82) is 0 Å². The van der Waals surface area contributed by atoms with E-state index in [0.29, 0.717) is 19.0 Å². The number of piperidine rings is 1. The highest BCUT2D eigenvalue weighted by Gasteiger charge is 2.48. The van der Waals surface area contributed by atoms with Crippen molar-refractivity contribution >= 4 is 22.6 Å². The van der Waals surface area contributed by atoms with Crippen molar-refractivity contribution in [2.75, 3.05) is 45.2 Å². The number of urea groups is 1. The van der Waals surface area contributed by atoms with Crippen LogP contribution in [0.4, 0.5) is 10.5 Å². The van der Waals surface area contributed by atoms with Gasteiger partial charge in [-0.25, -0.2) is 4.79 Å². The second kappa shape index (κ2) is 10.3. The van der Waals surface area contributed by atoms with Gasteiger partial charge in [-0.15, -0.1) is 0 Å². The maximum Gasteiger partial charge on any atom is 0.321 e. The number of aliphatic hydroxyl groups is 1. The summed E-state index contributed by atoms with van der Waals surface area (Å²) in [6.45, 7) is 3.51. The number of likely N-dealkylation sites (tertiary alicyclic amines) is 1. The van der Waals surface area contributed by atoms with Gasteiger partial charge in [0.25, 0.3) is 0 Å². The van der Waals surface area contributed by atoms with Gasteiger partial charge in [0, 0.05) is 61.5 Å². The molecule has 1 spiro atoms. The summed E-state index contributed by atoms with van der Waals surface area (Å²) >= 11 is 0. The Labute approximate surface area is 225 Å². The first-order chi connectivity index (χ1) is 18.5. The van der Waals surface area contributed by atoms with Crippen LogP contribution in [0.1, 0.15) is 55.8 Å². The van der Waals surface area contributed by atoms with E-state index in [-0.39, 0.29) is 24.1 Å². The van der Waals surface area contributed by atoms with Crippen LogP contribution in [0.2, 0.25) is 0 Å². The van der Waals surface area contributed by atoms with Crippen LogP contribution in [0, 0.1) is 5.92 Å². The minimum Gasteiger partial charge on any atom is -0.497 e. The van der Waals surface area contributed by atoms with Crippen molar-refractivity contribution in [2.24, 2.45) is 13.0 Å². The molecule has 1 aliphatic carbocycles. The van der Waals surface area contributed by atoms with Gasteiger partial charge in [0.15, 0.2) is 0 Å². The van der Waals surface area contributed by atoms with E-state index in [0.717, 1.165) is 42.9 Å². The molecule has 0 unspecified atom stereocenters. The minimum absolute atomic E-state index is 0.0148. The van der Waals surface area contributed by atoms with E-state index in [1.807, 2.05) is 35.2 Å². The number of amides is 2. The van der Waals surface area contributed by atoms with Gasteiger partial charge in [-0.3, -0.25) is 4.90 Å². The summed E-state index contributed by atoms with van der Waals surface area (Å²) in [5.74, 6) is 1.55. The molecule has 2 amide bonds. The van der Waals surface area contributed by atoms with Gasteiger partial charge < -0.3 is 24.6 Å². The summed E-state index contributed by atoms with van der Waals surface area (Å²) in [5.41, 5.74) is 4.54. The first-order valence-electron chi connectivity index (χ1n) is 14.2. The largest absolute Gasteiger partial charge is 0.497 e. The molecule has 0 radical (unpaired) electrons. The Morgan fingerprint density at radius 2 is 1.84 bits per heavy atom. The zero-order valence-electron chi connectivity index (χ0n) is 22.7. The molecule has 2 aromatic carbocycles. The number of aliphatic hydroxyl groups excluding tert-OH is 1. The quantitative estimate of drug-likeness (QED) is 0.483. The van der Waals surface area contributed by atoms with Gasteiger partial charge in [-0.05, 0) is 61.4 Å². The van der Waals surface area contributed by atoms with Crippen LogP contribution in [0.3, 0.4) is 0 Å². The number of methoxy groups -OCH3 is 1. The third kappa shape index (κ3) is 4.35. The summed E-state index contributed by atoms with van der Waals surface area (Å²) in [6.07, 6.45) is 7.03. The van der Waals surface area contributed by atoms with E-state index >= 15 is 0 Å². The highest BCUT2D eigenvalue weighted by Crippen LogP contribution is 2.50. The van der Waals surface area contributed by atoms with Crippen LogP contribution in [-0.4, -0.2) is 65.4 Å². The number of fused-ring (bicyclic) bond motifs is 4. The van der Waals surface area contributed by atoms with Gasteiger partial charge in [-0.1, -0.05) is 31.0 Å². The van der Waals surface area contributed by atoms with Crippen molar-refractivity contribution in [2.45, 2.75) is 50.0 Å². The van der Waals surface area contributed by atoms with Crippen molar-refractivity contribution in [3.8, 4) is 5.75 Å². The van der Waals surface area contributed by atoms with Crippen molar-refractivity contribution < 1.29 is 14.6 Å². The van der Waals surface area contributed by atoms with Gasteiger partial charge in [-0.2, -0.15) is 0 Å². The lowest BCUT2D eigenvalue weighted by Crippen LogP contribution is -2.55. The van der Waals surface area contributed by atoms with Crippen molar-refractivity contribution in [1.82, 2.24) is 14.4 Å². The minimum atomic E-state index is -0.0583. The number of aromatic nitrogens is 1. The van der Waals surface area contributed by atoms with E-state index in [2.05, 4.69) is 40.0 Å². The standard InChI is InChI=1S/C31H40N4O3/c1-33-26-18-24(38-2)12-13-25(26)28-29(33)27(20-36)35(19-22-8-6-7-9-22)21-31(28)14-16-34(17-15-31)30(37)32-23-10-4-3-5-11-23/h3-5,10-13,18,22,27,36H,6-9,14-17,19-21H2,1-2H3,(H,32,37)/t27-/m1/s1. The lowest BCUT2D eigenvalue weighted by molar-refractivity contribution is 0.0427. The fourth-order valence-corrected chi connectivity index (χ4v) is 7.45. The van der Waals surface area contributed by atoms with Crippen LogP contribution in [0.5, 0.6) is 5.75 Å². The molecule has 3 heterocycles. The van der Waals surface area contributed by atoms with Crippen LogP contribution in [-0.2, 0) is 12.5 Å². The third-order valence-corrected chi connectivity index (χ3v) is 9.42. The summed E-state index contributed by atoms with van der Waals surface area (Å²) < 4.78 is 7.87. The predicted octanol–water partition coefficient (Wildman–Crippen LogP) is 5.29. The summed E-state index contributed by atoms with van der Waals surface area (Å²) in [5, 5.41) is 15.1. The van der Waals surface area contributed by atoms with E-state index < -0.39 is 0 Å². The van der Waals surface area contributed by atoms with Crippen molar-refractivity contribution in [3.63, 3.8) is 0 Å². The van der Waals surface area contributed by atoms with Crippen LogP contribution >= 0.6 is 0 Å². The molecule has 2 fully saturated rings. The topological polar surface area (TPSA) is 70.0 Å². The fourth-order valence-electron chi connectivity index (χ4n) is 7.45. The molecule has 2 aliphatic heterocycles. The Balaban J connectivity index is 1.35. The monoisotopic (exact) mass is 516 g/mol. The van der Waals surface area contributed by atoms with E-state index in [4.69, 9.17) is 4.74 Å². The molecule has 1 atom stereocenters. The summed E-state index contributed by atoms with van der Waals surface area (Å²) in [4.78, 5) is 17.7. The first-order valence-corrected chi connectivity index (χ1v) is 14.2. The zero-order chi connectivity index (χ0) is 26.3. The Morgan fingerprint density at radius 1 is 1.11 bits per heavy atom. The highest BCUT2D eigenvalue weighted by molar-refractivity contribution is 5.90. The van der Waals surface area contributed by atoms with E-state index in [1.165, 1.54) is 42.3 Å². The average Bonchev–Trinajstić information content (AvgIpc) is 3.56. The van der Waals surface area contributed by atoms with Crippen LogP contribution in [0.15, 0.2) is 48.5 Å². The number of hydrogen-bond acceptors (Lipinski definition) is 4. The Kier molecular flexibility index (Phi) is 6.82. The molecule has 38 heavy (non-hydrogen) atoms. The number of carbonyl (C=O) groups is 1. The molecule has 7 heteroatoms. The molecule has 0 bridgehead atoms. The van der Waals surface area contributed by atoms with Gasteiger partial charge >= 0.3 is 6.03 Å². The second-order valence-electron chi connectivity index (χ2n) is 11.5. The van der Waals surface area contributed by atoms with E-state index in [1.54, 1.807) is 7.11 Å². The smallest absolute Gasteiger partial charge is 0.321 e. The van der Waals surface area contributed by atoms with Gasteiger partial charge in [0.1, 0.15) is 5.75 Å². The SMILES string of the molecule is COc1ccc2c3c(n(C)c2c1)[C@@H](CO)N(CC1CCCC1)CC31CCN(C(=O)Nc2ccccc2)CC1. The molecule has 2 N–H and O–H groups in total. The molecule has 7 nitrogen and oxygen atoms in total. The molecule has 6 rings (SSSR count). The fraction of sp³-hybridized carbons (Fsp3) is 0.516. The number of ether oxygens (including phenoxy) is 1. The number of aryl methyl sites for hydroxylation is 1. The van der Waals surface area contributed by atoms with Crippen LogP contribution < -0.4 is 10.1 Å². The number of para-hydroxylation sites is 1. The first kappa shape index (κ1) is 25.3. The number of nitrogens with zero attached hydrogens (tertiary/aromatic N) is 3. The van der Waals surface area contributed by atoms with Gasteiger partial charge in [0.2, 0.25) is 0 Å². The number of nitrogens with one attached hydrogen (secondary N) is 1. The number of carbonyl (C=O) groups excluding carboxylic acids is 1. The summed E-state index contributed by atoms with van der Waals surface area (Å²) in [7, 11) is 3.85. The summed E-state index contributed by atoms with van der Waals surface area (Å²) in [6, 6.07) is 16.0. The third-order valence-electron chi connectivity index (χ3n) is 9.42. The molecule has 3 aliphatic rings. The molecule has 1 saturated heterocycles. The lowest BCUT2D eigenvalue weighted by Gasteiger charge is -2.51. The number of hydrogen-bond donors (Lipinski definition) is 2. The maximum absolute atomic E-state index is 13.1. The number of rotatable bonds is 5. The molecule has 1 saturated carbocycles. The van der Waals surface area contributed by atoms with Crippen molar-refractivity contribution in [3.05, 3.63) is 59.8 Å². The Hall–Kier alpha value is -3.03. The highest BCUT2D eigenvalue weighted by atomic mass is 16.5. The zero-order valence-corrected chi connectivity index (χ0v) is 22.7. The molecule has 3 aromatic rings. The Morgan fingerprint density at radius 3 is 2.53 bits per heavy atom. The average molecular weight is 517 g/mol. The normalized spacial score (nSPS) is 21.7. The Bertz CT molecular complexity index is 1290. The lowest BCUT2D eigenvalue weighted by atomic mass is 9.68. The van der Waals surface area contributed by atoms with E-state index in [9.17, 15) is 9.90 Å². The molecule has 202 valence electrons. The number of benzene rings is 2. The molecular formula is C31H40N4O3. The number of anilines is 1. The van der Waals surface area contributed by atoms with Gasteiger partial charge in [0.05, 0.1) is 25.3 Å².